The van der Waals surface area contributed by atoms with Crippen LogP contribution in [0.15, 0.2) is 6.07 Å². The van der Waals surface area contributed by atoms with Crippen molar-refractivity contribution in [2.45, 2.75) is 51.3 Å². The lowest BCUT2D eigenvalue weighted by atomic mass is 10.1. The van der Waals surface area contributed by atoms with Gasteiger partial charge in [-0.25, -0.2) is 9.97 Å². The van der Waals surface area contributed by atoms with Crippen molar-refractivity contribution in [2.24, 2.45) is 5.92 Å². The predicted molar refractivity (Wildman–Crippen MR) is 97.7 cm³/mol. The summed E-state index contributed by atoms with van der Waals surface area (Å²) in [7, 11) is 0. The van der Waals surface area contributed by atoms with Crippen molar-refractivity contribution < 1.29 is 14.6 Å². The van der Waals surface area contributed by atoms with Crippen molar-refractivity contribution in [1.82, 2.24) is 20.2 Å². The summed E-state index contributed by atoms with van der Waals surface area (Å²) in [6, 6.07) is 2.12. The molecule has 0 aliphatic carbocycles. The van der Waals surface area contributed by atoms with Crippen molar-refractivity contribution in [3.05, 3.63) is 17.5 Å². The average molecular weight is 363 g/mol. The Labute approximate surface area is 154 Å². The molecule has 1 aromatic rings. The van der Waals surface area contributed by atoms with Gasteiger partial charge >= 0.3 is 0 Å². The molecule has 2 aliphatic rings. The van der Waals surface area contributed by atoms with Crippen LogP contribution in [0, 0.1) is 5.92 Å². The molecule has 8 heteroatoms. The van der Waals surface area contributed by atoms with Gasteiger partial charge in [0.05, 0.1) is 12.7 Å². The first kappa shape index (κ1) is 19.0. The fourth-order valence-corrected chi connectivity index (χ4v) is 3.78. The summed E-state index contributed by atoms with van der Waals surface area (Å²) < 4.78 is 5.79. The summed E-state index contributed by atoms with van der Waals surface area (Å²) in [5.41, 5.74) is 6.89. The second kappa shape index (κ2) is 8.28. The van der Waals surface area contributed by atoms with E-state index in [0.29, 0.717) is 30.7 Å². The Balaban J connectivity index is 1.60. The zero-order valence-corrected chi connectivity index (χ0v) is 15.5. The van der Waals surface area contributed by atoms with Crippen LogP contribution < -0.4 is 11.1 Å². The molecule has 1 amide bonds. The smallest absolute Gasteiger partial charge is 0.270 e. The number of carbonyl (C=O) groups excluding carboxylic acids is 1. The van der Waals surface area contributed by atoms with Gasteiger partial charge in [-0.3, -0.25) is 9.69 Å². The van der Waals surface area contributed by atoms with Crippen LogP contribution in [0.4, 0.5) is 5.95 Å². The first-order chi connectivity index (χ1) is 12.4. The number of nitrogen functional groups attached to an aromatic ring is 1. The van der Waals surface area contributed by atoms with E-state index in [1.54, 1.807) is 6.07 Å². The van der Waals surface area contributed by atoms with Crippen molar-refractivity contribution >= 4 is 11.9 Å². The number of morpholine rings is 1. The summed E-state index contributed by atoms with van der Waals surface area (Å²) in [6.45, 7) is 6.57. The highest BCUT2D eigenvalue weighted by atomic mass is 16.5. The van der Waals surface area contributed by atoms with Gasteiger partial charge in [0, 0.05) is 37.5 Å². The molecule has 3 rings (SSSR count). The molecular weight excluding hydrogens is 334 g/mol. The van der Waals surface area contributed by atoms with Crippen molar-refractivity contribution in [3.63, 3.8) is 0 Å². The van der Waals surface area contributed by atoms with Gasteiger partial charge in [0.25, 0.3) is 5.91 Å². The molecule has 8 nitrogen and oxygen atoms in total. The van der Waals surface area contributed by atoms with Crippen LogP contribution in [0.25, 0.3) is 0 Å². The van der Waals surface area contributed by atoms with Gasteiger partial charge in [0.1, 0.15) is 5.69 Å². The number of ether oxygens (including phenoxy) is 1. The number of rotatable bonds is 6. The first-order valence-electron chi connectivity index (χ1n) is 9.35. The number of amides is 1. The average Bonchev–Trinajstić information content (AvgIpc) is 2.95. The zero-order valence-electron chi connectivity index (χ0n) is 15.5. The lowest BCUT2D eigenvalue weighted by molar-refractivity contribution is -0.0566. The highest BCUT2D eigenvalue weighted by Gasteiger charge is 2.37. The molecule has 2 aliphatic heterocycles. The van der Waals surface area contributed by atoms with E-state index in [0.717, 1.165) is 31.6 Å². The number of nitrogens with one attached hydrogen (secondary N) is 1. The molecule has 0 radical (unpaired) electrons. The van der Waals surface area contributed by atoms with Gasteiger partial charge in [0.2, 0.25) is 5.95 Å². The third-order valence-corrected chi connectivity index (χ3v) is 4.92. The number of aliphatic hydroxyl groups excluding tert-OH is 1. The number of carbonyl (C=O) groups is 1. The van der Waals surface area contributed by atoms with Crippen molar-refractivity contribution in [3.8, 4) is 0 Å². The summed E-state index contributed by atoms with van der Waals surface area (Å²) in [4.78, 5) is 23.3. The molecule has 26 heavy (non-hydrogen) atoms. The Morgan fingerprint density at radius 1 is 1.46 bits per heavy atom. The molecule has 0 saturated carbocycles. The molecule has 0 spiro atoms. The van der Waals surface area contributed by atoms with E-state index in [9.17, 15) is 4.79 Å². The minimum absolute atomic E-state index is 0.0636. The minimum atomic E-state index is -0.207. The molecule has 2 fully saturated rings. The van der Waals surface area contributed by atoms with Crippen LogP contribution in [0.1, 0.15) is 42.9 Å². The number of fused-ring (bicyclic) bond motifs is 1. The minimum Gasteiger partial charge on any atom is -0.396 e. The van der Waals surface area contributed by atoms with Gasteiger partial charge in [-0.15, -0.1) is 0 Å². The molecule has 4 N–H and O–H groups in total. The summed E-state index contributed by atoms with van der Waals surface area (Å²) in [5, 5.41) is 12.2. The van der Waals surface area contributed by atoms with Crippen molar-refractivity contribution in [2.75, 3.05) is 32.0 Å². The van der Waals surface area contributed by atoms with E-state index in [-0.39, 0.29) is 30.6 Å². The number of nitrogens with two attached hydrogens (primary N) is 1. The molecule has 0 unspecified atom stereocenters. The normalized spacial score (nSPS) is 26.1. The molecular formula is C18H29N5O3. The van der Waals surface area contributed by atoms with E-state index in [2.05, 4.69) is 34.0 Å². The summed E-state index contributed by atoms with van der Waals surface area (Å²) in [6.07, 6.45) is 2.34. The van der Waals surface area contributed by atoms with Crippen molar-refractivity contribution in [1.29, 1.82) is 0 Å². The molecule has 0 bridgehead atoms. The van der Waals surface area contributed by atoms with E-state index < -0.39 is 0 Å². The molecule has 3 atom stereocenters. The quantitative estimate of drug-likeness (QED) is 0.662. The lowest BCUT2D eigenvalue weighted by Crippen LogP contribution is -2.46. The summed E-state index contributed by atoms with van der Waals surface area (Å²) >= 11 is 0. The van der Waals surface area contributed by atoms with Gasteiger partial charge in [-0.05, 0) is 31.2 Å². The Bertz CT molecular complexity index is 639. The van der Waals surface area contributed by atoms with Crippen LogP contribution in [0.2, 0.25) is 0 Å². The lowest BCUT2D eigenvalue weighted by Gasteiger charge is -2.34. The number of aliphatic hydroxyl groups is 1. The topological polar surface area (TPSA) is 114 Å². The number of nitrogens with zero attached hydrogens (tertiary/aromatic N) is 3. The Morgan fingerprint density at radius 3 is 3.00 bits per heavy atom. The summed E-state index contributed by atoms with van der Waals surface area (Å²) in [5.74, 6) is 0.358. The molecule has 1 aromatic heterocycles. The van der Waals surface area contributed by atoms with Gasteiger partial charge < -0.3 is 20.9 Å². The molecule has 144 valence electrons. The maximum Gasteiger partial charge on any atom is 0.270 e. The Hall–Kier alpha value is -1.77. The monoisotopic (exact) mass is 363 g/mol. The fraction of sp³-hybridized carbons (Fsp3) is 0.722. The largest absolute Gasteiger partial charge is 0.396 e. The molecule has 3 heterocycles. The van der Waals surface area contributed by atoms with Crippen LogP contribution in [-0.4, -0.2) is 70.4 Å². The first-order valence-corrected chi connectivity index (χ1v) is 9.35. The number of hydrogen-bond donors (Lipinski definition) is 3. The highest BCUT2D eigenvalue weighted by Crippen LogP contribution is 2.24. The third kappa shape index (κ3) is 4.69. The molecule has 0 aromatic carbocycles. The van der Waals surface area contributed by atoms with Crippen LogP contribution in [-0.2, 0) is 11.2 Å². The highest BCUT2D eigenvalue weighted by molar-refractivity contribution is 5.92. The zero-order chi connectivity index (χ0) is 18.7. The Morgan fingerprint density at radius 2 is 2.27 bits per heavy atom. The van der Waals surface area contributed by atoms with E-state index >= 15 is 0 Å². The SMILES string of the molecule is CC(C)Cc1cc(C(=O)N[C@@H]2C[C@H]3CO[C@@H](CCO)CN3C2)nc(N)n1. The van der Waals surface area contributed by atoms with E-state index in [4.69, 9.17) is 15.6 Å². The van der Waals surface area contributed by atoms with Gasteiger partial charge in [-0.1, -0.05) is 13.8 Å². The Kier molecular flexibility index (Phi) is 6.05. The van der Waals surface area contributed by atoms with Crippen LogP contribution in [0.5, 0.6) is 0 Å². The van der Waals surface area contributed by atoms with E-state index in [1.807, 2.05) is 0 Å². The van der Waals surface area contributed by atoms with Gasteiger partial charge in [0.15, 0.2) is 0 Å². The number of hydrogen-bond acceptors (Lipinski definition) is 7. The number of anilines is 1. The second-order valence-electron chi connectivity index (χ2n) is 7.68. The fourth-order valence-electron chi connectivity index (χ4n) is 3.78. The van der Waals surface area contributed by atoms with Crippen LogP contribution in [0.3, 0.4) is 0 Å². The molecule has 2 saturated heterocycles. The third-order valence-electron chi connectivity index (χ3n) is 4.92. The second-order valence-corrected chi connectivity index (χ2v) is 7.68. The van der Waals surface area contributed by atoms with E-state index in [1.165, 1.54) is 0 Å². The standard InChI is InChI=1S/C18H29N5O3/c1-11(2)5-12-7-16(22-18(19)21-12)17(25)20-13-6-14-10-26-15(3-4-24)9-23(14)8-13/h7,11,13-15,24H,3-6,8-10H2,1-2H3,(H,20,25)(H2,19,21,22)/t13-,14+,15+/m1/s1. The predicted octanol–water partition coefficient (Wildman–Crippen LogP) is 0.211. The van der Waals surface area contributed by atoms with Gasteiger partial charge in [-0.2, -0.15) is 0 Å². The maximum absolute atomic E-state index is 12.6. The maximum atomic E-state index is 12.6. The van der Waals surface area contributed by atoms with Crippen LogP contribution >= 0.6 is 0 Å². The number of aromatic nitrogens is 2.